The van der Waals surface area contributed by atoms with E-state index in [4.69, 9.17) is 4.74 Å². The standard InChI is InChI=1S/C22H24FN3O5/c23-18-7-4-16(5-8-18)10-11-24-21(27)15-31-22(28)17-6-9-19(20(14-17)26(29)30)25-12-2-1-3-13-25/h4-9,14H,1-3,10-13,15H2,(H,24,27). The molecular weight excluding hydrogens is 405 g/mol. The Morgan fingerprint density at radius 2 is 1.81 bits per heavy atom. The van der Waals surface area contributed by atoms with Crippen LogP contribution in [0.2, 0.25) is 0 Å². The first-order valence-corrected chi connectivity index (χ1v) is 10.2. The van der Waals surface area contributed by atoms with Gasteiger partial charge in [-0.2, -0.15) is 0 Å². The molecule has 31 heavy (non-hydrogen) atoms. The summed E-state index contributed by atoms with van der Waals surface area (Å²) in [6.45, 7) is 1.29. The van der Waals surface area contributed by atoms with E-state index in [0.29, 0.717) is 18.7 Å². The highest BCUT2D eigenvalue weighted by Gasteiger charge is 2.23. The van der Waals surface area contributed by atoms with Crippen LogP contribution in [-0.2, 0) is 16.0 Å². The van der Waals surface area contributed by atoms with E-state index < -0.39 is 23.4 Å². The second-order valence-electron chi connectivity index (χ2n) is 7.31. The molecule has 0 bridgehead atoms. The Morgan fingerprint density at radius 3 is 2.48 bits per heavy atom. The molecule has 0 aliphatic carbocycles. The molecule has 0 aromatic heterocycles. The van der Waals surface area contributed by atoms with Crippen molar-refractivity contribution < 1.29 is 23.6 Å². The van der Waals surface area contributed by atoms with Crippen LogP contribution in [0.4, 0.5) is 15.8 Å². The van der Waals surface area contributed by atoms with E-state index in [-0.39, 0.29) is 17.1 Å². The van der Waals surface area contributed by atoms with Crippen LogP contribution in [0.1, 0.15) is 35.2 Å². The predicted molar refractivity (Wildman–Crippen MR) is 113 cm³/mol. The fourth-order valence-electron chi connectivity index (χ4n) is 3.46. The number of amides is 1. The minimum absolute atomic E-state index is 0.0200. The van der Waals surface area contributed by atoms with Crippen molar-refractivity contribution in [1.29, 1.82) is 0 Å². The van der Waals surface area contributed by atoms with Crippen molar-refractivity contribution in [1.82, 2.24) is 5.32 Å². The third-order valence-electron chi connectivity index (χ3n) is 5.09. The quantitative estimate of drug-likeness (QED) is 0.393. The van der Waals surface area contributed by atoms with Gasteiger partial charge in [0.2, 0.25) is 0 Å². The number of nitro groups is 1. The molecule has 1 fully saturated rings. The molecule has 0 saturated carbocycles. The summed E-state index contributed by atoms with van der Waals surface area (Å²) >= 11 is 0. The Hall–Kier alpha value is -3.49. The Balaban J connectivity index is 1.52. The highest BCUT2D eigenvalue weighted by Crippen LogP contribution is 2.31. The molecule has 2 aromatic rings. The second-order valence-corrected chi connectivity index (χ2v) is 7.31. The van der Waals surface area contributed by atoms with E-state index >= 15 is 0 Å². The number of anilines is 1. The molecule has 8 nitrogen and oxygen atoms in total. The number of hydrogen-bond acceptors (Lipinski definition) is 6. The summed E-state index contributed by atoms with van der Waals surface area (Å²) in [6.07, 6.45) is 3.54. The van der Waals surface area contributed by atoms with Gasteiger partial charge < -0.3 is 15.0 Å². The number of rotatable bonds is 8. The molecule has 0 spiro atoms. The molecule has 9 heteroatoms. The average Bonchev–Trinajstić information content (AvgIpc) is 2.79. The smallest absolute Gasteiger partial charge is 0.338 e. The van der Waals surface area contributed by atoms with E-state index in [2.05, 4.69) is 5.32 Å². The maximum Gasteiger partial charge on any atom is 0.338 e. The minimum Gasteiger partial charge on any atom is -0.452 e. The van der Waals surface area contributed by atoms with Gasteiger partial charge in [-0.25, -0.2) is 9.18 Å². The molecule has 1 saturated heterocycles. The number of carbonyl (C=O) groups is 2. The monoisotopic (exact) mass is 429 g/mol. The average molecular weight is 429 g/mol. The summed E-state index contributed by atoms with van der Waals surface area (Å²) in [5.74, 6) is -1.62. The number of nitro benzene ring substituents is 1. The molecule has 1 heterocycles. The second kappa shape index (κ2) is 10.5. The van der Waals surface area contributed by atoms with E-state index in [9.17, 15) is 24.1 Å². The number of piperidine rings is 1. The number of carbonyl (C=O) groups excluding carboxylic acids is 2. The minimum atomic E-state index is -0.804. The van der Waals surface area contributed by atoms with E-state index in [1.54, 1.807) is 18.2 Å². The van der Waals surface area contributed by atoms with Crippen LogP contribution in [0.25, 0.3) is 0 Å². The molecule has 2 aromatic carbocycles. The fraction of sp³-hybridized carbons (Fsp3) is 0.364. The van der Waals surface area contributed by atoms with Crippen molar-refractivity contribution in [3.63, 3.8) is 0 Å². The molecule has 3 rings (SSSR count). The Bertz CT molecular complexity index is 943. The highest BCUT2D eigenvalue weighted by molar-refractivity contribution is 5.93. The van der Waals surface area contributed by atoms with Gasteiger partial charge in [0.1, 0.15) is 11.5 Å². The molecule has 0 atom stereocenters. The molecule has 1 amide bonds. The van der Waals surface area contributed by atoms with E-state index in [0.717, 1.165) is 37.9 Å². The molecule has 1 N–H and O–H groups in total. The largest absolute Gasteiger partial charge is 0.452 e. The van der Waals surface area contributed by atoms with Gasteiger partial charge in [-0.1, -0.05) is 12.1 Å². The zero-order valence-corrected chi connectivity index (χ0v) is 17.0. The topological polar surface area (TPSA) is 102 Å². The zero-order valence-electron chi connectivity index (χ0n) is 17.0. The van der Waals surface area contributed by atoms with Gasteiger partial charge >= 0.3 is 5.97 Å². The summed E-state index contributed by atoms with van der Waals surface area (Å²) in [7, 11) is 0. The van der Waals surface area contributed by atoms with Crippen molar-refractivity contribution in [2.24, 2.45) is 0 Å². The van der Waals surface area contributed by atoms with Crippen LogP contribution in [0.3, 0.4) is 0 Å². The lowest BCUT2D eigenvalue weighted by molar-refractivity contribution is -0.384. The molecule has 1 aliphatic heterocycles. The molecule has 0 unspecified atom stereocenters. The van der Waals surface area contributed by atoms with Crippen molar-refractivity contribution in [3.8, 4) is 0 Å². The van der Waals surface area contributed by atoms with Crippen LogP contribution in [-0.4, -0.2) is 43.0 Å². The third kappa shape index (κ3) is 6.24. The van der Waals surface area contributed by atoms with Gasteiger partial charge in [0.25, 0.3) is 11.6 Å². The zero-order chi connectivity index (χ0) is 22.2. The van der Waals surface area contributed by atoms with Crippen LogP contribution < -0.4 is 10.2 Å². The van der Waals surface area contributed by atoms with Gasteiger partial charge in [0.15, 0.2) is 6.61 Å². The Labute approximate surface area is 179 Å². The van der Waals surface area contributed by atoms with Crippen LogP contribution >= 0.6 is 0 Å². The first kappa shape index (κ1) is 22.2. The fourth-order valence-corrected chi connectivity index (χ4v) is 3.46. The number of halogens is 1. The molecular formula is C22H24FN3O5. The highest BCUT2D eigenvalue weighted by atomic mass is 19.1. The van der Waals surface area contributed by atoms with Crippen LogP contribution in [0.5, 0.6) is 0 Å². The maximum atomic E-state index is 12.9. The number of nitrogens with one attached hydrogen (secondary N) is 1. The first-order valence-electron chi connectivity index (χ1n) is 10.2. The SMILES string of the molecule is O=C(COC(=O)c1ccc(N2CCCCC2)c([N+](=O)[O-])c1)NCCc1ccc(F)cc1. The predicted octanol–water partition coefficient (Wildman–Crippen LogP) is 3.24. The maximum absolute atomic E-state index is 12.9. The number of hydrogen-bond donors (Lipinski definition) is 1. The van der Waals surface area contributed by atoms with Crippen LogP contribution in [0, 0.1) is 15.9 Å². The number of ether oxygens (including phenoxy) is 1. The molecule has 0 radical (unpaired) electrons. The number of esters is 1. The Kier molecular flexibility index (Phi) is 7.53. The van der Waals surface area contributed by atoms with Crippen molar-refractivity contribution in [2.45, 2.75) is 25.7 Å². The lowest BCUT2D eigenvalue weighted by Crippen LogP contribution is -2.31. The summed E-state index contributed by atoms with van der Waals surface area (Å²) in [4.78, 5) is 37.1. The number of nitrogens with zero attached hydrogens (tertiary/aromatic N) is 2. The van der Waals surface area contributed by atoms with Crippen molar-refractivity contribution in [2.75, 3.05) is 31.1 Å². The van der Waals surface area contributed by atoms with Gasteiger partial charge in [-0.15, -0.1) is 0 Å². The van der Waals surface area contributed by atoms with E-state index in [1.165, 1.54) is 24.3 Å². The van der Waals surface area contributed by atoms with Gasteiger partial charge in [-0.3, -0.25) is 14.9 Å². The summed E-state index contributed by atoms with van der Waals surface area (Å²) in [5.41, 5.74) is 1.21. The molecule has 164 valence electrons. The lowest BCUT2D eigenvalue weighted by Gasteiger charge is -2.28. The van der Waals surface area contributed by atoms with E-state index in [1.807, 2.05) is 4.90 Å². The van der Waals surface area contributed by atoms with Crippen molar-refractivity contribution >= 4 is 23.3 Å². The summed E-state index contributed by atoms with van der Waals surface area (Å²) in [6, 6.07) is 10.2. The summed E-state index contributed by atoms with van der Waals surface area (Å²) < 4.78 is 17.9. The van der Waals surface area contributed by atoms with Gasteiger partial charge in [0, 0.05) is 25.7 Å². The summed E-state index contributed by atoms with van der Waals surface area (Å²) in [5, 5.41) is 14.1. The normalized spacial score (nSPS) is 13.5. The Morgan fingerprint density at radius 1 is 1.10 bits per heavy atom. The lowest BCUT2D eigenvalue weighted by atomic mass is 10.1. The number of benzene rings is 2. The van der Waals surface area contributed by atoms with Crippen LogP contribution in [0.15, 0.2) is 42.5 Å². The van der Waals surface area contributed by atoms with Crippen molar-refractivity contribution in [3.05, 3.63) is 69.5 Å². The van der Waals surface area contributed by atoms with Gasteiger partial charge in [-0.05, 0) is 55.5 Å². The third-order valence-corrected chi connectivity index (χ3v) is 5.09. The molecule has 1 aliphatic rings. The first-order chi connectivity index (χ1) is 14.9. The van der Waals surface area contributed by atoms with Gasteiger partial charge in [0.05, 0.1) is 10.5 Å².